The van der Waals surface area contributed by atoms with Crippen molar-refractivity contribution >= 4 is 17.4 Å². The van der Waals surface area contributed by atoms with Crippen LogP contribution in [0.25, 0.3) is 0 Å². The van der Waals surface area contributed by atoms with Crippen molar-refractivity contribution < 1.29 is 4.79 Å². The van der Waals surface area contributed by atoms with E-state index in [2.05, 4.69) is 33.0 Å². The number of carbonyl (C=O) groups is 1. The summed E-state index contributed by atoms with van der Waals surface area (Å²) in [6.07, 6.45) is 4.67. The van der Waals surface area contributed by atoms with Crippen LogP contribution in [-0.4, -0.2) is 38.3 Å². The van der Waals surface area contributed by atoms with Gasteiger partial charge in [-0.15, -0.1) is 0 Å². The predicted molar refractivity (Wildman–Crippen MR) is 85.9 cm³/mol. The maximum atomic E-state index is 11.9. The summed E-state index contributed by atoms with van der Waals surface area (Å²) < 4.78 is 0. The molecule has 2 amide bonds. The molecular formula is C16H24N4O. The molecule has 1 aliphatic heterocycles. The van der Waals surface area contributed by atoms with E-state index in [0.717, 1.165) is 44.7 Å². The van der Waals surface area contributed by atoms with Crippen molar-refractivity contribution in [2.24, 2.45) is 0 Å². The lowest BCUT2D eigenvalue weighted by atomic mass is 10.2. The van der Waals surface area contributed by atoms with E-state index >= 15 is 0 Å². The maximum absolute atomic E-state index is 11.9. The summed E-state index contributed by atoms with van der Waals surface area (Å²) in [5.41, 5.74) is 2.07. The van der Waals surface area contributed by atoms with Crippen molar-refractivity contribution in [3.63, 3.8) is 0 Å². The maximum Gasteiger partial charge on any atom is 0.319 e. The van der Waals surface area contributed by atoms with Gasteiger partial charge in [-0.3, -0.25) is 0 Å². The van der Waals surface area contributed by atoms with Crippen LogP contribution in [0.4, 0.5) is 16.2 Å². The molecule has 114 valence electrons. The molecule has 0 radical (unpaired) electrons. The van der Waals surface area contributed by atoms with Gasteiger partial charge in [-0.05, 0) is 37.1 Å². The van der Waals surface area contributed by atoms with E-state index in [1.54, 1.807) is 0 Å². The molecule has 0 spiro atoms. The van der Waals surface area contributed by atoms with Crippen molar-refractivity contribution in [1.29, 1.82) is 0 Å². The summed E-state index contributed by atoms with van der Waals surface area (Å²) in [6.45, 7) is 4.14. The average Bonchev–Trinajstić information content (AvgIpc) is 3.02. The number of hydrogen-bond donors (Lipinski definition) is 3. The molecule has 0 bridgehead atoms. The Morgan fingerprint density at radius 3 is 2.43 bits per heavy atom. The highest BCUT2D eigenvalue weighted by atomic mass is 16.2. The normalized spacial score (nSPS) is 19.5. The zero-order chi connectivity index (χ0) is 14.5. The van der Waals surface area contributed by atoms with Gasteiger partial charge in [0, 0.05) is 43.6 Å². The van der Waals surface area contributed by atoms with Crippen molar-refractivity contribution in [3.8, 4) is 0 Å². The Labute approximate surface area is 126 Å². The van der Waals surface area contributed by atoms with E-state index in [1.807, 2.05) is 12.1 Å². The van der Waals surface area contributed by atoms with Crippen LogP contribution in [0, 0.1) is 0 Å². The zero-order valence-corrected chi connectivity index (χ0v) is 12.4. The fraction of sp³-hybridized carbons (Fsp3) is 0.562. The Morgan fingerprint density at radius 1 is 1.10 bits per heavy atom. The minimum Gasteiger partial charge on any atom is -0.369 e. The second-order valence-electron chi connectivity index (χ2n) is 5.86. The van der Waals surface area contributed by atoms with Gasteiger partial charge in [0.1, 0.15) is 0 Å². The van der Waals surface area contributed by atoms with Gasteiger partial charge in [0.25, 0.3) is 0 Å². The minimum absolute atomic E-state index is 0.0863. The molecular weight excluding hydrogens is 264 g/mol. The van der Waals surface area contributed by atoms with Gasteiger partial charge in [-0.1, -0.05) is 12.8 Å². The Hall–Kier alpha value is -1.75. The van der Waals surface area contributed by atoms with E-state index < -0.39 is 0 Å². The van der Waals surface area contributed by atoms with Crippen LogP contribution >= 0.6 is 0 Å². The number of carbonyl (C=O) groups excluding carboxylic acids is 1. The molecule has 5 heteroatoms. The molecule has 21 heavy (non-hydrogen) atoms. The number of hydrogen-bond acceptors (Lipinski definition) is 3. The molecule has 1 heterocycles. The minimum atomic E-state index is -0.0863. The molecule has 5 nitrogen and oxygen atoms in total. The molecule has 3 rings (SSSR count). The highest BCUT2D eigenvalue weighted by Gasteiger charge is 2.17. The Balaban J connectivity index is 1.52. The lowest BCUT2D eigenvalue weighted by Crippen LogP contribution is -2.43. The van der Waals surface area contributed by atoms with Crippen LogP contribution in [-0.2, 0) is 0 Å². The highest BCUT2D eigenvalue weighted by Crippen LogP contribution is 2.19. The number of nitrogens with one attached hydrogen (secondary N) is 3. The third-order valence-corrected chi connectivity index (χ3v) is 4.30. The second kappa shape index (κ2) is 6.80. The lowest BCUT2D eigenvalue weighted by molar-refractivity contribution is 0.248. The number of rotatable bonds is 3. The lowest BCUT2D eigenvalue weighted by Gasteiger charge is -2.29. The highest BCUT2D eigenvalue weighted by molar-refractivity contribution is 5.89. The number of benzene rings is 1. The summed E-state index contributed by atoms with van der Waals surface area (Å²) in [5, 5.41) is 9.30. The van der Waals surface area contributed by atoms with Gasteiger partial charge in [0.2, 0.25) is 0 Å². The fourth-order valence-electron chi connectivity index (χ4n) is 3.10. The molecule has 1 aromatic carbocycles. The Kier molecular flexibility index (Phi) is 4.60. The van der Waals surface area contributed by atoms with Crippen LogP contribution in [0.1, 0.15) is 25.7 Å². The van der Waals surface area contributed by atoms with Gasteiger partial charge < -0.3 is 20.9 Å². The molecule has 1 aromatic rings. The molecule has 3 N–H and O–H groups in total. The van der Waals surface area contributed by atoms with Crippen molar-refractivity contribution in [1.82, 2.24) is 10.6 Å². The SMILES string of the molecule is O=C(Nc1ccc(N2CCNCC2)cc1)NC1CCCC1. The third kappa shape index (κ3) is 3.88. The van der Waals surface area contributed by atoms with Crippen LogP contribution in [0.5, 0.6) is 0 Å². The van der Waals surface area contributed by atoms with Crippen molar-refractivity contribution in [2.75, 3.05) is 36.4 Å². The molecule has 2 aliphatic rings. The number of piperazine rings is 1. The van der Waals surface area contributed by atoms with Crippen LogP contribution in [0.2, 0.25) is 0 Å². The monoisotopic (exact) mass is 288 g/mol. The van der Waals surface area contributed by atoms with Crippen LogP contribution in [0.15, 0.2) is 24.3 Å². The van der Waals surface area contributed by atoms with E-state index in [9.17, 15) is 4.79 Å². The fourth-order valence-corrected chi connectivity index (χ4v) is 3.10. The Morgan fingerprint density at radius 2 is 1.76 bits per heavy atom. The van der Waals surface area contributed by atoms with E-state index in [-0.39, 0.29) is 6.03 Å². The number of anilines is 2. The molecule has 1 saturated carbocycles. The number of nitrogens with zero attached hydrogens (tertiary/aromatic N) is 1. The molecule has 1 saturated heterocycles. The quantitative estimate of drug-likeness (QED) is 0.799. The topological polar surface area (TPSA) is 56.4 Å². The first-order valence-corrected chi connectivity index (χ1v) is 7.94. The van der Waals surface area contributed by atoms with Crippen molar-refractivity contribution in [2.45, 2.75) is 31.7 Å². The van der Waals surface area contributed by atoms with Gasteiger partial charge >= 0.3 is 6.03 Å². The standard InChI is InChI=1S/C16H24N4O/c21-16(18-13-3-1-2-4-13)19-14-5-7-15(8-6-14)20-11-9-17-10-12-20/h5-8,13,17H,1-4,9-12H2,(H2,18,19,21). The third-order valence-electron chi connectivity index (χ3n) is 4.30. The van der Waals surface area contributed by atoms with Crippen LogP contribution < -0.4 is 20.9 Å². The first-order chi connectivity index (χ1) is 10.3. The van der Waals surface area contributed by atoms with Crippen LogP contribution in [0.3, 0.4) is 0 Å². The summed E-state index contributed by atoms with van der Waals surface area (Å²) in [6, 6.07) is 8.38. The number of urea groups is 1. The molecule has 0 unspecified atom stereocenters. The summed E-state index contributed by atoms with van der Waals surface area (Å²) in [5.74, 6) is 0. The first-order valence-electron chi connectivity index (χ1n) is 7.94. The second-order valence-corrected chi connectivity index (χ2v) is 5.86. The van der Waals surface area contributed by atoms with Gasteiger partial charge in [-0.2, -0.15) is 0 Å². The smallest absolute Gasteiger partial charge is 0.319 e. The van der Waals surface area contributed by atoms with E-state index in [1.165, 1.54) is 18.5 Å². The predicted octanol–water partition coefficient (Wildman–Crippen LogP) is 2.16. The molecule has 0 aromatic heterocycles. The molecule has 1 aliphatic carbocycles. The van der Waals surface area contributed by atoms with Gasteiger partial charge in [0.05, 0.1) is 0 Å². The largest absolute Gasteiger partial charge is 0.369 e. The Bertz CT molecular complexity index is 462. The van der Waals surface area contributed by atoms with E-state index in [4.69, 9.17) is 0 Å². The van der Waals surface area contributed by atoms with Gasteiger partial charge in [-0.25, -0.2) is 4.79 Å². The van der Waals surface area contributed by atoms with E-state index in [0.29, 0.717) is 6.04 Å². The average molecular weight is 288 g/mol. The summed E-state index contributed by atoms with van der Waals surface area (Å²) in [4.78, 5) is 14.3. The number of amides is 2. The summed E-state index contributed by atoms with van der Waals surface area (Å²) >= 11 is 0. The molecule has 0 atom stereocenters. The van der Waals surface area contributed by atoms with Gasteiger partial charge in [0.15, 0.2) is 0 Å². The first kappa shape index (κ1) is 14.2. The molecule has 2 fully saturated rings. The zero-order valence-electron chi connectivity index (χ0n) is 12.4. The summed E-state index contributed by atoms with van der Waals surface area (Å²) in [7, 11) is 0. The van der Waals surface area contributed by atoms with Crippen molar-refractivity contribution in [3.05, 3.63) is 24.3 Å².